The summed E-state index contributed by atoms with van der Waals surface area (Å²) in [5, 5.41) is -7.11. The first-order valence-corrected chi connectivity index (χ1v) is 11.1. The minimum atomic E-state index is -7.43. The second-order valence-corrected chi connectivity index (χ2v) is 8.55. The van der Waals surface area contributed by atoms with Crippen LogP contribution in [0.3, 0.4) is 0 Å². The molecule has 1 aromatic rings. The maximum Gasteiger partial charge on any atom is 0.460 e. The van der Waals surface area contributed by atoms with Crippen LogP contribution in [-0.2, 0) is 32.7 Å². The number of ether oxygens (including phenoxy) is 1. The van der Waals surface area contributed by atoms with E-state index in [9.17, 15) is 57.3 Å². The fourth-order valence-electron chi connectivity index (χ4n) is 2.10. The molecule has 0 aliphatic rings. The lowest BCUT2D eigenvalue weighted by atomic mass is 10.1. The quantitative estimate of drug-likeness (QED) is 0.104. The zero-order valence-corrected chi connectivity index (χ0v) is 19.2. The fraction of sp³-hybridized carbons (Fsp3) is 0.667. The standard InChI is InChI=1S/C14H23N2O2.C4HF9O3S/c1-4-5-7-15-9-10-16(12-15)8-6-11-18-14(17)13(2)3;5-1(6,3(9,10)11)2(7,8)4(12,13)17(14,15)16/h9-10,12H,2,4-8,11H2,1,3H3;(H,14,15,16)/q+1;/p-1. The van der Waals surface area contributed by atoms with Gasteiger partial charge in [-0.2, -0.15) is 39.5 Å². The van der Waals surface area contributed by atoms with Gasteiger partial charge in [0.2, 0.25) is 6.33 Å². The zero-order chi connectivity index (χ0) is 27.9. The van der Waals surface area contributed by atoms with Crippen molar-refractivity contribution in [2.24, 2.45) is 0 Å². The van der Waals surface area contributed by atoms with Crippen molar-refractivity contribution in [3.05, 3.63) is 30.9 Å². The van der Waals surface area contributed by atoms with Gasteiger partial charge in [-0.1, -0.05) is 19.9 Å². The predicted molar refractivity (Wildman–Crippen MR) is 101 cm³/mol. The van der Waals surface area contributed by atoms with Crippen LogP contribution in [0.25, 0.3) is 0 Å². The molecule has 0 aliphatic heterocycles. The lowest BCUT2D eigenvalue weighted by molar-refractivity contribution is -0.697. The smallest absolute Gasteiger partial charge is 0.460 e. The molecule has 0 spiro atoms. The molecular formula is C18H23F9N2O5S. The Balaban J connectivity index is 0.000000662. The summed E-state index contributed by atoms with van der Waals surface area (Å²) in [6, 6.07) is 0. The third-order valence-corrected chi connectivity index (χ3v) is 4.97. The van der Waals surface area contributed by atoms with Crippen molar-refractivity contribution < 1.29 is 66.6 Å². The van der Waals surface area contributed by atoms with Gasteiger partial charge in [-0.05, 0) is 13.3 Å². The first-order chi connectivity index (χ1) is 15.6. The monoisotopic (exact) mass is 550 g/mol. The van der Waals surface area contributed by atoms with Crippen molar-refractivity contribution in [3.63, 3.8) is 0 Å². The summed E-state index contributed by atoms with van der Waals surface area (Å²) >= 11 is 0. The number of unbranched alkanes of at least 4 members (excludes halogenated alkanes) is 1. The van der Waals surface area contributed by atoms with Gasteiger partial charge >= 0.3 is 29.2 Å². The minimum absolute atomic E-state index is 0.305. The highest BCUT2D eigenvalue weighted by Crippen LogP contribution is 2.54. The zero-order valence-electron chi connectivity index (χ0n) is 18.4. The Morgan fingerprint density at radius 1 is 1.06 bits per heavy atom. The number of aromatic nitrogens is 2. The van der Waals surface area contributed by atoms with E-state index in [1.807, 2.05) is 0 Å². The molecule has 0 saturated heterocycles. The molecule has 0 radical (unpaired) electrons. The van der Waals surface area contributed by atoms with Crippen LogP contribution in [0.15, 0.2) is 30.9 Å². The summed E-state index contributed by atoms with van der Waals surface area (Å²) in [5.74, 6) is -15.1. The number of nitrogens with zero attached hydrogens (tertiary/aromatic N) is 2. The number of rotatable bonds is 11. The average Bonchev–Trinajstić information content (AvgIpc) is 3.15. The van der Waals surface area contributed by atoms with Crippen molar-refractivity contribution in [2.45, 2.75) is 69.5 Å². The summed E-state index contributed by atoms with van der Waals surface area (Å²) in [4.78, 5) is 11.1. The van der Waals surface area contributed by atoms with Crippen molar-refractivity contribution in [3.8, 4) is 0 Å². The summed E-state index contributed by atoms with van der Waals surface area (Å²) in [6.45, 7) is 9.76. The number of carbonyl (C=O) groups is 1. The number of aryl methyl sites for hydroxylation is 2. The number of hydrogen-bond donors (Lipinski definition) is 0. The molecule has 7 nitrogen and oxygen atoms in total. The predicted octanol–water partition coefficient (Wildman–Crippen LogP) is 4.04. The summed E-state index contributed by atoms with van der Waals surface area (Å²) in [6.07, 6.45) is 2.29. The van der Waals surface area contributed by atoms with Gasteiger partial charge in [-0.25, -0.2) is 22.3 Å². The molecule has 17 heteroatoms. The van der Waals surface area contributed by atoms with Gasteiger partial charge in [0, 0.05) is 12.0 Å². The van der Waals surface area contributed by atoms with Gasteiger partial charge in [0.05, 0.1) is 19.7 Å². The number of carbonyl (C=O) groups excluding carboxylic acids is 1. The van der Waals surface area contributed by atoms with E-state index in [1.54, 1.807) is 6.92 Å². The van der Waals surface area contributed by atoms with Crippen LogP contribution in [0.1, 0.15) is 33.1 Å². The highest BCUT2D eigenvalue weighted by molar-refractivity contribution is 7.86. The van der Waals surface area contributed by atoms with Gasteiger partial charge < -0.3 is 9.29 Å². The molecule has 0 bridgehead atoms. The first-order valence-electron chi connectivity index (χ1n) is 9.66. The molecule has 1 heterocycles. The average molecular weight is 550 g/mol. The number of hydrogen-bond acceptors (Lipinski definition) is 5. The van der Waals surface area contributed by atoms with Crippen LogP contribution in [0.5, 0.6) is 0 Å². The number of alkyl halides is 9. The first kappa shape index (κ1) is 32.7. The lowest BCUT2D eigenvalue weighted by Crippen LogP contribution is -2.63. The van der Waals surface area contributed by atoms with E-state index in [0.717, 1.165) is 19.5 Å². The van der Waals surface area contributed by atoms with E-state index in [4.69, 9.17) is 4.74 Å². The van der Waals surface area contributed by atoms with Crippen LogP contribution >= 0.6 is 0 Å². The molecule has 0 atom stereocenters. The molecule has 1 aromatic heterocycles. The highest BCUT2D eigenvalue weighted by atomic mass is 32.2. The highest BCUT2D eigenvalue weighted by Gasteiger charge is 2.83. The Labute approximate surface area is 194 Å². The van der Waals surface area contributed by atoms with Crippen molar-refractivity contribution >= 4 is 16.1 Å². The maximum absolute atomic E-state index is 12.2. The van der Waals surface area contributed by atoms with Crippen molar-refractivity contribution in [1.29, 1.82) is 0 Å². The Morgan fingerprint density at radius 3 is 2.03 bits per heavy atom. The molecule has 0 saturated carbocycles. The van der Waals surface area contributed by atoms with E-state index < -0.39 is 33.4 Å². The molecule has 0 aromatic carbocycles. The Bertz CT molecular complexity index is 960. The fourth-order valence-corrected chi connectivity index (χ4v) is 2.54. The molecule has 0 unspecified atom stereocenters. The second-order valence-electron chi connectivity index (χ2n) is 7.13. The molecule has 1 rings (SSSR count). The van der Waals surface area contributed by atoms with E-state index in [2.05, 4.69) is 41.4 Å². The number of halogens is 9. The van der Waals surface area contributed by atoms with Crippen molar-refractivity contribution in [1.82, 2.24) is 4.57 Å². The van der Waals surface area contributed by atoms with Gasteiger partial charge in [0.25, 0.3) is 0 Å². The van der Waals surface area contributed by atoms with Crippen molar-refractivity contribution in [2.75, 3.05) is 6.61 Å². The van der Waals surface area contributed by atoms with Crippen LogP contribution in [0.4, 0.5) is 39.5 Å². The normalized spacial score (nSPS) is 13.1. The van der Waals surface area contributed by atoms with Gasteiger partial charge in [0.1, 0.15) is 12.4 Å². The third-order valence-electron chi connectivity index (χ3n) is 4.09. The van der Waals surface area contributed by atoms with E-state index >= 15 is 0 Å². The minimum Gasteiger partial charge on any atom is -0.743 e. The van der Waals surface area contributed by atoms with Crippen LogP contribution < -0.4 is 4.57 Å². The Kier molecular flexibility index (Phi) is 11.3. The van der Waals surface area contributed by atoms with Crippen LogP contribution in [-0.4, -0.2) is 53.4 Å². The van der Waals surface area contributed by atoms with Gasteiger partial charge in [-0.15, -0.1) is 0 Å². The largest absolute Gasteiger partial charge is 0.743 e. The molecule has 0 fully saturated rings. The van der Waals surface area contributed by atoms with Gasteiger partial charge in [-0.3, -0.25) is 0 Å². The summed E-state index contributed by atoms with van der Waals surface area (Å²) < 4.78 is 145. The molecule has 35 heavy (non-hydrogen) atoms. The second kappa shape index (κ2) is 12.1. The SMILES string of the molecule is C=C(C)C(=O)OCCC[n+]1ccn(CCCC)c1.O=S(=O)([O-])C(F)(F)C(F)(F)C(F)(F)C(F)(F)F. The Morgan fingerprint density at radius 2 is 1.60 bits per heavy atom. The van der Waals surface area contributed by atoms with Crippen LogP contribution in [0.2, 0.25) is 0 Å². The Hall–Kier alpha value is -2.30. The van der Waals surface area contributed by atoms with Gasteiger partial charge in [0.15, 0.2) is 10.1 Å². The summed E-state index contributed by atoms with van der Waals surface area (Å²) in [7, 11) is -7.42. The van der Waals surface area contributed by atoms with E-state index in [0.29, 0.717) is 12.2 Å². The maximum atomic E-state index is 12.2. The lowest BCUT2D eigenvalue weighted by Gasteiger charge is -2.34. The third kappa shape index (κ3) is 8.40. The molecule has 0 aliphatic carbocycles. The van der Waals surface area contributed by atoms with Crippen LogP contribution in [0, 0.1) is 0 Å². The molecule has 204 valence electrons. The summed E-state index contributed by atoms with van der Waals surface area (Å²) in [5.41, 5.74) is 0.452. The number of imidazole rings is 1. The number of esters is 1. The van der Waals surface area contributed by atoms with E-state index in [1.165, 1.54) is 12.8 Å². The van der Waals surface area contributed by atoms with E-state index in [-0.39, 0.29) is 5.97 Å². The molecule has 0 amide bonds. The molecular weight excluding hydrogens is 527 g/mol. The molecule has 0 N–H and O–H groups in total. The topological polar surface area (TPSA) is 92.3 Å².